The summed E-state index contributed by atoms with van der Waals surface area (Å²) in [5.74, 6) is 5.65. The lowest BCUT2D eigenvalue weighted by Gasteiger charge is -1.82. The van der Waals surface area contributed by atoms with E-state index in [4.69, 9.17) is 0 Å². The third-order valence-electron chi connectivity index (χ3n) is 0.846. The molecule has 1 heterocycles. The lowest BCUT2D eigenvalue weighted by molar-refractivity contribution is 1.17. The Bertz CT molecular complexity index is 247. The largest absolute Gasteiger partial charge is 0.260 e. The molecule has 0 spiro atoms. The fourth-order valence-corrected chi connectivity index (χ4v) is 0.628. The zero-order chi connectivity index (χ0) is 7.23. The first-order chi connectivity index (χ1) is 4.93. The molecule has 1 aromatic rings. The SMILES string of the molecule is BrCC#Cc1cnccn1. The van der Waals surface area contributed by atoms with Crippen LogP contribution in [0.15, 0.2) is 18.6 Å². The summed E-state index contributed by atoms with van der Waals surface area (Å²) in [6.45, 7) is 0. The van der Waals surface area contributed by atoms with E-state index in [0.29, 0.717) is 11.0 Å². The molecule has 0 saturated heterocycles. The molecule has 0 unspecified atom stereocenters. The maximum Gasteiger partial charge on any atom is 0.131 e. The molecule has 0 N–H and O–H groups in total. The van der Waals surface area contributed by atoms with E-state index >= 15 is 0 Å². The van der Waals surface area contributed by atoms with Gasteiger partial charge >= 0.3 is 0 Å². The summed E-state index contributed by atoms with van der Waals surface area (Å²) < 4.78 is 0. The summed E-state index contributed by atoms with van der Waals surface area (Å²) in [6.07, 6.45) is 4.88. The maximum atomic E-state index is 3.96. The summed E-state index contributed by atoms with van der Waals surface area (Å²) in [6, 6.07) is 0. The van der Waals surface area contributed by atoms with Crippen LogP contribution in [0.4, 0.5) is 0 Å². The average Bonchev–Trinajstić information content (AvgIpc) is 2.03. The fourth-order valence-electron chi connectivity index (χ4n) is 0.488. The van der Waals surface area contributed by atoms with Crippen LogP contribution in [-0.4, -0.2) is 15.3 Å². The maximum absolute atomic E-state index is 3.96. The molecule has 2 nitrogen and oxygen atoms in total. The number of nitrogens with zero attached hydrogens (tertiary/aromatic N) is 2. The van der Waals surface area contributed by atoms with Gasteiger partial charge in [0.2, 0.25) is 0 Å². The van der Waals surface area contributed by atoms with Crippen molar-refractivity contribution in [2.24, 2.45) is 0 Å². The molecular weight excluding hydrogens is 192 g/mol. The van der Waals surface area contributed by atoms with Crippen LogP contribution in [0.25, 0.3) is 0 Å². The Kier molecular flexibility index (Phi) is 2.91. The normalized spacial score (nSPS) is 8.10. The van der Waals surface area contributed by atoms with Crippen molar-refractivity contribution < 1.29 is 0 Å². The van der Waals surface area contributed by atoms with Gasteiger partial charge in [0.05, 0.1) is 11.5 Å². The predicted octanol–water partition coefficient (Wildman–Crippen LogP) is 1.22. The van der Waals surface area contributed by atoms with Gasteiger partial charge in [0.1, 0.15) is 5.69 Å². The highest BCUT2D eigenvalue weighted by atomic mass is 79.9. The van der Waals surface area contributed by atoms with Gasteiger partial charge in [-0.1, -0.05) is 21.9 Å². The summed E-state index contributed by atoms with van der Waals surface area (Å²) in [7, 11) is 0. The first-order valence-corrected chi connectivity index (χ1v) is 3.86. The Hall–Kier alpha value is -0.880. The third kappa shape index (κ3) is 2.16. The van der Waals surface area contributed by atoms with Gasteiger partial charge < -0.3 is 0 Å². The number of hydrogen-bond acceptors (Lipinski definition) is 2. The van der Waals surface area contributed by atoms with E-state index < -0.39 is 0 Å². The van der Waals surface area contributed by atoms with Crippen LogP contribution in [0.3, 0.4) is 0 Å². The number of rotatable bonds is 0. The van der Waals surface area contributed by atoms with Gasteiger partial charge in [-0.15, -0.1) is 0 Å². The molecular formula is C7H5BrN2. The van der Waals surface area contributed by atoms with Crippen LogP contribution in [-0.2, 0) is 0 Å². The van der Waals surface area contributed by atoms with E-state index in [0.717, 1.165) is 0 Å². The van der Waals surface area contributed by atoms with Crippen molar-refractivity contribution in [1.82, 2.24) is 9.97 Å². The molecule has 0 amide bonds. The molecule has 10 heavy (non-hydrogen) atoms. The Morgan fingerprint density at radius 3 is 3.00 bits per heavy atom. The van der Waals surface area contributed by atoms with Crippen molar-refractivity contribution in [3.63, 3.8) is 0 Å². The molecule has 0 aliphatic carbocycles. The monoisotopic (exact) mass is 196 g/mol. The second kappa shape index (κ2) is 4.02. The van der Waals surface area contributed by atoms with Crippen molar-refractivity contribution in [2.75, 3.05) is 5.33 Å². The van der Waals surface area contributed by atoms with E-state index in [1.807, 2.05) is 0 Å². The molecule has 0 atom stereocenters. The summed E-state index contributed by atoms with van der Waals surface area (Å²) in [5.41, 5.74) is 0.710. The lowest BCUT2D eigenvalue weighted by Crippen LogP contribution is -1.81. The lowest BCUT2D eigenvalue weighted by atomic mass is 10.4. The van der Waals surface area contributed by atoms with Crippen LogP contribution in [0.5, 0.6) is 0 Å². The van der Waals surface area contributed by atoms with Crippen molar-refractivity contribution in [1.29, 1.82) is 0 Å². The highest BCUT2D eigenvalue weighted by molar-refractivity contribution is 9.09. The van der Waals surface area contributed by atoms with Gasteiger partial charge in [0, 0.05) is 12.4 Å². The summed E-state index contributed by atoms with van der Waals surface area (Å²) in [5, 5.41) is 0.670. The third-order valence-corrected chi connectivity index (χ3v) is 1.13. The first-order valence-electron chi connectivity index (χ1n) is 2.74. The Labute approximate surface area is 67.8 Å². The van der Waals surface area contributed by atoms with Gasteiger partial charge in [-0.3, -0.25) is 4.98 Å². The minimum atomic E-state index is 0.670. The number of alkyl halides is 1. The number of hydrogen-bond donors (Lipinski definition) is 0. The second-order valence-corrected chi connectivity index (χ2v) is 2.09. The quantitative estimate of drug-likeness (QED) is 0.461. The Morgan fingerprint density at radius 1 is 1.50 bits per heavy atom. The minimum absolute atomic E-state index is 0.670. The summed E-state index contributed by atoms with van der Waals surface area (Å²) in [4.78, 5) is 7.82. The molecule has 50 valence electrons. The highest BCUT2D eigenvalue weighted by Crippen LogP contribution is 1.85. The van der Waals surface area contributed by atoms with E-state index in [1.54, 1.807) is 18.6 Å². The van der Waals surface area contributed by atoms with E-state index in [1.165, 1.54) is 0 Å². The highest BCUT2D eigenvalue weighted by Gasteiger charge is 1.81. The zero-order valence-electron chi connectivity index (χ0n) is 5.21. The molecule has 0 radical (unpaired) electrons. The molecule has 0 aromatic carbocycles. The van der Waals surface area contributed by atoms with Crippen LogP contribution >= 0.6 is 15.9 Å². The summed E-state index contributed by atoms with van der Waals surface area (Å²) >= 11 is 3.19. The van der Waals surface area contributed by atoms with Gasteiger partial charge in [-0.25, -0.2) is 4.98 Å². The first kappa shape index (κ1) is 7.23. The van der Waals surface area contributed by atoms with Crippen molar-refractivity contribution in [3.05, 3.63) is 24.3 Å². The molecule has 0 aliphatic heterocycles. The Morgan fingerprint density at radius 2 is 2.40 bits per heavy atom. The van der Waals surface area contributed by atoms with Crippen LogP contribution in [0, 0.1) is 11.8 Å². The molecule has 3 heteroatoms. The second-order valence-electron chi connectivity index (χ2n) is 1.53. The van der Waals surface area contributed by atoms with Gasteiger partial charge in [-0.05, 0) is 5.92 Å². The standard InChI is InChI=1S/C7H5BrN2/c8-3-1-2-7-6-9-4-5-10-7/h4-6H,3H2. The van der Waals surface area contributed by atoms with Crippen molar-refractivity contribution >= 4 is 15.9 Å². The number of aromatic nitrogens is 2. The molecule has 1 rings (SSSR count). The topological polar surface area (TPSA) is 25.8 Å². The predicted molar refractivity (Wildman–Crippen MR) is 42.7 cm³/mol. The van der Waals surface area contributed by atoms with Gasteiger partial charge in [-0.2, -0.15) is 0 Å². The van der Waals surface area contributed by atoms with Gasteiger partial charge in [0.15, 0.2) is 0 Å². The van der Waals surface area contributed by atoms with Crippen LogP contribution in [0.2, 0.25) is 0 Å². The molecule has 0 fully saturated rings. The van der Waals surface area contributed by atoms with E-state index in [2.05, 4.69) is 37.7 Å². The fraction of sp³-hybridized carbons (Fsp3) is 0.143. The molecule has 1 aromatic heterocycles. The smallest absolute Gasteiger partial charge is 0.131 e. The zero-order valence-corrected chi connectivity index (χ0v) is 6.80. The van der Waals surface area contributed by atoms with Crippen LogP contribution < -0.4 is 0 Å². The van der Waals surface area contributed by atoms with Gasteiger partial charge in [0.25, 0.3) is 0 Å². The molecule has 0 saturated carbocycles. The Balaban J connectivity index is 2.76. The molecule has 0 bridgehead atoms. The average molecular weight is 197 g/mol. The minimum Gasteiger partial charge on any atom is -0.260 e. The van der Waals surface area contributed by atoms with E-state index in [9.17, 15) is 0 Å². The van der Waals surface area contributed by atoms with E-state index in [-0.39, 0.29) is 0 Å². The molecule has 0 aliphatic rings. The number of halogens is 1. The van der Waals surface area contributed by atoms with Crippen LogP contribution in [0.1, 0.15) is 5.69 Å². The van der Waals surface area contributed by atoms with Crippen molar-refractivity contribution in [2.45, 2.75) is 0 Å². The van der Waals surface area contributed by atoms with Crippen molar-refractivity contribution in [3.8, 4) is 11.8 Å².